The van der Waals surface area contributed by atoms with E-state index in [1.807, 2.05) is 35.2 Å². The fraction of sp³-hybridized carbons (Fsp3) is 0.526. The Balaban J connectivity index is 1.53. The Morgan fingerprint density at radius 3 is 2.72 bits per heavy atom. The van der Waals surface area contributed by atoms with Gasteiger partial charge in [-0.1, -0.05) is 35.5 Å². The molecule has 0 N–H and O–H groups in total. The van der Waals surface area contributed by atoms with Gasteiger partial charge in [0.05, 0.1) is 5.41 Å². The van der Waals surface area contributed by atoms with E-state index in [0.717, 1.165) is 37.9 Å². The number of nitrogens with zero attached hydrogens (tertiary/aromatic N) is 4. The SMILES string of the molecule is CC(C)N1CCC[C@@]2(CCN(c3nc(-c4ccccc4)no3)C2)C1=O. The number of amides is 1. The van der Waals surface area contributed by atoms with E-state index in [1.54, 1.807) is 0 Å². The molecule has 1 spiro atoms. The van der Waals surface area contributed by atoms with Crippen LogP contribution in [0.25, 0.3) is 11.4 Å². The van der Waals surface area contributed by atoms with Crippen LogP contribution >= 0.6 is 0 Å². The lowest BCUT2D eigenvalue weighted by Gasteiger charge is -2.41. The number of likely N-dealkylation sites (tertiary alicyclic amines) is 1. The molecule has 3 heterocycles. The lowest BCUT2D eigenvalue weighted by molar-refractivity contribution is -0.147. The van der Waals surface area contributed by atoms with Crippen LogP contribution in [0.3, 0.4) is 0 Å². The van der Waals surface area contributed by atoms with E-state index >= 15 is 0 Å². The van der Waals surface area contributed by atoms with Crippen molar-refractivity contribution < 1.29 is 9.32 Å². The van der Waals surface area contributed by atoms with Gasteiger partial charge in [-0.3, -0.25) is 4.79 Å². The van der Waals surface area contributed by atoms with Crippen molar-refractivity contribution >= 4 is 11.9 Å². The normalized spacial score (nSPS) is 23.9. The smallest absolute Gasteiger partial charge is 0.324 e. The Hall–Kier alpha value is -2.37. The number of hydrogen-bond donors (Lipinski definition) is 0. The summed E-state index contributed by atoms with van der Waals surface area (Å²) in [7, 11) is 0. The molecular formula is C19H24N4O2. The van der Waals surface area contributed by atoms with E-state index in [9.17, 15) is 4.79 Å². The van der Waals surface area contributed by atoms with E-state index in [1.165, 1.54) is 0 Å². The van der Waals surface area contributed by atoms with Gasteiger partial charge in [0.2, 0.25) is 11.7 Å². The number of aromatic nitrogens is 2. The Labute approximate surface area is 147 Å². The second-order valence-corrected chi connectivity index (χ2v) is 7.41. The van der Waals surface area contributed by atoms with Crippen LogP contribution in [0.1, 0.15) is 33.1 Å². The highest BCUT2D eigenvalue weighted by Crippen LogP contribution is 2.42. The Morgan fingerprint density at radius 1 is 1.16 bits per heavy atom. The van der Waals surface area contributed by atoms with Crippen LogP contribution in [0.15, 0.2) is 34.9 Å². The first-order chi connectivity index (χ1) is 12.1. The minimum atomic E-state index is -0.288. The van der Waals surface area contributed by atoms with Gasteiger partial charge < -0.3 is 14.3 Å². The van der Waals surface area contributed by atoms with Crippen molar-refractivity contribution in [3.05, 3.63) is 30.3 Å². The molecule has 4 rings (SSSR count). The Kier molecular flexibility index (Phi) is 3.98. The van der Waals surface area contributed by atoms with Crippen molar-refractivity contribution in [2.75, 3.05) is 24.5 Å². The highest BCUT2D eigenvalue weighted by atomic mass is 16.5. The fourth-order valence-electron chi connectivity index (χ4n) is 4.06. The van der Waals surface area contributed by atoms with Gasteiger partial charge in [-0.15, -0.1) is 0 Å². The molecule has 0 saturated carbocycles. The number of piperidine rings is 1. The molecule has 25 heavy (non-hydrogen) atoms. The van der Waals surface area contributed by atoms with Gasteiger partial charge in [-0.2, -0.15) is 4.98 Å². The van der Waals surface area contributed by atoms with Gasteiger partial charge in [0, 0.05) is 31.2 Å². The lowest BCUT2D eigenvalue weighted by Crippen LogP contribution is -2.52. The fourth-order valence-corrected chi connectivity index (χ4v) is 4.06. The van der Waals surface area contributed by atoms with Gasteiger partial charge in [0.25, 0.3) is 0 Å². The van der Waals surface area contributed by atoms with Crippen LogP contribution in [-0.4, -0.2) is 46.6 Å². The summed E-state index contributed by atoms with van der Waals surface area (Å²) < 4.78 is 5.49. The number of carbonyl (C=O) groups is 1. The van der Waals surface area contributed by atoms with Crippen molar-refractivity contribution in [3.63, 3.8) is 0 Å². The van der Waals surface area contributed by atoms with Crippen LogP contribution in [0, 0.1) is 5.41 Å². The van der Waals surface area contributed by atoms with Crippen LogP contribution in [0.2, 0.25) is 0 Å². The second kappa shape index (κ2) is 6.17. The molecule has 2 aliphatic rings. The molecule has 6 heteroatoms. The standard InChI is InChI=1S/C19H24N4O2/c1-14(2)23-11-6-9-19(17(23)24)10-12-22(13-19)18-20-16(21-25-18)15-7-4-3-5-8-15/h3-5,7-8,14H,6,9-13H2,1-2H3/t19-/m0/s1. The predicted octanol–water partition coefficient (Wildman–Crippen LogP) is 2.96. The molecule has 2 saturated heterocycles. The molecule has 6 nitrogen and oxygen atoms in total. The van der Waals surface area contributed by atoms with Gasteiger partial charge in [-0.25, -0.2) is 0 Å². The number of benzene rings is 1. The number of hydrogen-bond acceptors (Lipinski definition) is 5. The van der Waals surface area contributed by atoms with E-state index in [0.29, 0.717) is 24.3 Å². The summed E-state index contributed by atoms with van der Waals surface area (Å²) in [5.41, 5.74) is 0.648. The molecule has 1 atom stereocenters. The van der Waals surface area contributed by atoms with E-state index < -0.39 is 0 Å². The molecule has 1 amide bonds. The van der Waals surface area contributed by atoms with Crippen LogP contribution < -0.4 is 4.90 Å². The quantitative estimate of drug-likeness (QED) is 0.859. The highest BCUT2D eigenvalue weighted by Gasteiger charge is 2.49. The molecule has 0 aliphatic carbocycles. The van der Waals surface area contributed by atoms with E-state index in [2.05, 4.69) is 28.9 Å². The van der Waals surface area contributed by atoms with E-state index in [-0.39, 0.29) is 11.5 Å². The summed E-state index contributed by atoms with van der Waals surface area (Å²) in [6.07, 6.45) is 2.88. The molecule has 0 bridgehead atoms. The molecule has 0 unspecified atom stereocenters. The lowest BCUT2D eigenvalue weighted by atomic mass is 9.78. The molecule has 2 aliphatic heterocycles. The average Bonchev–Trinajstić information content (AvgIpc) is 3.26. The van der Waals surface area contributed by atoms with Gasteiger partial charge in [0.1, 0.15) is 0 Å². The maximum Gasteiger partial charge on any atom is 0.324 e. The average molecular weight is 340 g/mol. The summed E-state index contributed by atoms with van der Waals surface area (Å²) in [5, 5.41) is 4.10. The van der Waals surface area contributed by atoms with E-state index in [4.69, 9.17) is 4.52 Å². The Morgan fingerprint density at radius 2 is 1.96 bits per heavy atom. The first-order valence-corrected chi connectivity index (χ1v) is 9.04. The zero-order valence-electron chi connectivity index (χ0n) is 14.8. The predicted molar refractivity (Wildman–Crippen MR) is 95.1 cm³/mol. The van der Waals surface area contributed by atoms with Gasteiger partial charge in [0.15, 0.2) is 0 Å². The number of carbonyl (C=O) groups excluding carboxylic acids is 1. The largest absolute Gasteiger partial charge is 0.340 e. The summed E-state index contributed by atoms with van der Waals surface area (Å²) in [4.78, 5) is 21.7. The molecule has 1 aromatic carbocycles. The minimum absolute atomic E-state index is 0.256. The third-order valence-electron chi connectivity index (χ3n) is 5.46. The molecule has 2 aromatic rings. The number of anilines is 1. The minimum Gasteiger partial charge on any atom is -0.340 e. The van der Waals surface area contributed by atoms with Crippen LogP contribution in [0.5, 0.6) is 0 Å². The van der Waals surface area contributed by atoms with Gasteiger partial charge in [-0.05, 0) is 33.1 Å². The zero-order chi connectivity index (χ0) is 17.4. The molecular weight excluding hydrogens is 316 g/mol. The summed E-state index contributed by atoms with van der Waals surface area (Å²) in [6, 6.07) is 10.6. The van der Waals surface area contributed by atoms with Crippen LogP contribution in [-0.2, 0) is 4.79 Å². The maximum absolute atomic E-state index is 13.0. The van der Waals surface area contributed by atoms with Gasteiger partial charge >= 0.3 is 6.01 Å². The summed E-state index contributed by atoms with van der Waals surface area (Å²) >= 11 is 0. The second-order valence-electron chi connectivity index (χ2n) is 7.41. The molecule has 1 aromatic heterocycles. The topological polar surface area (TPSA) is 62.5 Å². The molecule has 0 radical (unpaired) electrons. The van der Waals surface area contributed by atoms with Crippen molar-refractivity contribution in [1.82, 2.24) is 15.0 Å². The van der Waals surface area contributed by atoms with Crippen molar-refractivity contribution in [1.29, 1.82) is 0 Å². The molecule has 2 fully saturated rings. The summed E-state index contributed by atoms with van der Waals surface area (Å²) in [5.74, 6) is 0.884. The summed E-state index contributed by atoms with van der Waals surface area (Å²) in [6.45, 7) is 6.51. The maximum atomic E-state index is 13.0. The van der Waals surface area contributed by atoms with Crippen LogP contribution in [0.4, 0.5) is 6.01 Å². The monoisotopic (exact) mass is 340 g/mol. The zero-order valence-corrected chi connectivity index (χ0v) is 14.8. The highest BCUT2D eigenvalue weighted by molar-refractivity contribution is 5.85. The third-order valence-corrected chi connectivity index (χ3v) is 5.46. The first kappa shape index (κ1) is 16.1. The van der Waals surface area contributed by atoms with Crippen molar-refractivity contribution in [3.8, 4) is 11.4 Å². The van der Waals surface area contributed by atoms with Crippen molar-refractivity contribution in [2.24, 2.45) is 5.41 Å². The first-order valence-electron chi connectivity index (χ1n) is 9.04. The Bertz CT molecular complexity index is 758. The third kappa shape index (κ3) is 2.79. The number of rotatable bonds is 3. The van der Waals surface area contributed by atoms with Crippen molar-refractivity contribution in [2.45, 2.75) is 39.2 Å². The molecule has 132 valence electrons.